The molecule has 0 bridgehead atoms. The number of carboxylic acids is 2. The van der Waals surface area contributed by atoms with Gasteiger partial charge >= 0.3 is 5.97 Å². The fourth-order valence-electron chi connectivity index (χ4n) is 0.341. The Bertz CT molecular complexity index is 169. The number of carbonyl (C=O) groups is 2. The van der Waals surface area contributed by atoms with Gasteiger partial charge in [-0.1, -0.05) is 0 Å². The van der Waals surface area contributed by atoms with Gasteiger partial charge in [-0.3, -0.25) is 4.79 Å². The highest BCUT2D eigenvalue weighted by molar-refractivity contribution is 8.00. The summed E-state index contributed by atoms with van der Waals surface area (Å²) in [5.41, 5.74) is 5.03. The number of hydrogen-bond donors (Lipinski definition) is 3. The van der Waals surface area contributed by atoms with Crippen LogP contribution in [0.4, 0.5) is 0 Å². The highest BCUT2D eigenvalue weighted by Crippen LogP contribution is 2.00. The number of carbonyl (C=O) groups excluding carboxylic acids is 1. The van der Waals surface area contributed by atoms with Gasteiger partial charge in [-0.2, -0.15) is 0 Å². The molecule has 0 rings (SSSR count). The Balaban J connectivity index is -0.0000000500. The van der Waals surface area contributed by atoms with Crippen molar-refractivity contribution in [3.63, 3.8) is 0 Å². The molecule has 0 saturated heterocycles. The molecule has 0 aromatic carbocycles. The zero-order valence-corrected chi connectivity index (χ0v) is 9.47. The van der Waals surface area contributed by atoms with Crippen LogP contribution < -0.4 is 17.0 Å². The molecule has 104 valence electrons. The molecule has 0 aliphatic heterocycles. The number of thioether (sulfide) groups is 1. The summed E-state index contributed by atoms with van der Waals surface area (Å²) in [6, 6.07) is -1.08. The number of quaternary nitrogens is 1. The number of carboxylic acid groups (broad SMARTS) is 2. The van der Waals surface area contributed by atoms with Crippen LogP contribution in [-0.4, -0.2) is 56.5 Å². The van der Waals surface area contributed by atoms with Crippen LogP contribution in [0.15, 0.2) is 0 Å². The van der Waals surface area contributed by atoms with Crippen LogP contribution in [0.25, 0.3) is 0 Å². The van der Waals surface area contributed by atoms with E-state index in [2.05, 4.69) is 0 Å². The van der Waals surface area contributed by atoms with Gasteiger partial charge in [0.2, 0.25) is 0 Å². The van der Waals surface area contributed by atoms with E-state index >= 15 is 0 Å². The predicted molar refractivity (Wildman–Crippen MR) is 58.4 cm³/mol. The molecule has 10 nitrogen and oxygen atoms in total. The molecule has 0 aliphatic rings. The number of nitrogens with two attached hydrogens (primary N) is 1. The SMILES string of the molecule is N[C@H](CSCC(=O)O)C(=O)[O-].O.O.O.O.[NH4+]. The van der Waals surface area contributed by atoms with Crippen molar-refractivity contribution in [1.82, 2.24) is 6.15 Å². The van der Waals surface area contributed by atoms with E-state index in [1.54, 1.807) is 0 Å². The van der Waals surface area contributed by atoms with Crippen molar-refractivity contribution < 1.29 is 41.7 Å². The van der Waals surface area contributed by atoms with Gasteiger partial charge in [0.25, 0.3) is 0 Å². The van der Waals surface area contributed by atoms with Crippen LogP contribution in [0.1, 0.15) is 0 Å². The zero-order valence-electron chi connectivity index (χ0n) is 8.65. The number of hydrogen-bond acceptors (Lipinski definition) is 5. The molecule has 0 fully saturated rings. The van der Waals surface area contributed by atoms with Crippen LogP contribution in [0, 0.1) is 0 Å². The third-order valence-corrected chi connectivity index (χ3v) is 1.87. The lowest BCUT2D eigenvalue weighted by molar-refractivity contribution is -0.306. The summed E-state index contributed by atoms with van der Waals surface area (Å²) in [7, 11) is 0. The Morgan fingerprint density at radius 3 is 1.88 bits per heavy atom. The highest BCUT2D eigenvalue weighted by atomic mass is 32.2. The number of aliphatic carboxylic acids is 2. The summed E-state index contributed by atoms with van der Waals surface area (Å²) >= 11 is 0.952. The normalized spacial score (nSPS) is 8.56. The Morgan fingerprint density at radius 2 is 1.62 bits per heavy atom. The molecule has 0 spiro atoms. The minimum atomic E-state index is -1.36. The average Bonchev–Trinajstić information content (AvgIpc) is 1.86. The predicted octanol–water partition coefficient (Wildman–Crippen LogP) is -5.04. The van der Waals surface area contributed by atoms with Crippen LogP contribution in [0.3, 0.4) is 0 Å². The van der Waals surface area contributed by atoms with E-state index in [0.29, 0.717) is 0 Å². The van der Waals surface area contributed by atoms with Gasteiger partial charge in [0.15, 0.2) is 0 Å². The molecule has 0 saturated carbocycles. The van der Waals surface area contributed by atoms with E-state index in [-0.39, 0.29) is 39.6 Å². The largest absolute Gasteiger partial charge is 0.548 e. The third-order valence-electron chi connectivity index (χ3n) is 0.826. The van der Waals surface area contributed by atoms with Crippen LogP contribution in [-0.2, 0) is 9.59 Å². The van der Waals surface area contributed by atoms with Crippen molar-refractivity contribution in [2.24, 2.45) is 5.73 Å². The van der Waals surface area contributed by atoms with E-state index in [9.17, 15) is 14.7 Å². The van der Waals surface area contributed by atoms with Crippen molar-refractivity contribution in [1.29, 1.82) is 0 Å². The van der Waals surface area contributed by atoms with Gasteiger partial charge in [-0.25, -0.2) is 0 Å². The van der Waals surface area contributed by atoms with Gasteiger partial charge in [-0.15, -0.1) is 11.8 Å². The highest BCUT2D eigenvalue weighted by Gasteiger charge is 2.04. The lowest BCUT2D eigenvalue weighted by Gasteiger charge is -2.10. The molecular formula is C5H20N2O8S. The molecule has 16 heavy (non-hydrogen) atoms. The van der Waals surface area contributed by atoms with E-state index in [1.807, 2.05) is 0 Å². The van der Waals surface area contributed by atoms with Crippen molar-refractivity contribution in [2.75, 3.05) is 11.5 Å². The molecule has 0 heterocycles. The van der Waals surface area contributed by atoms with E-state index in [4.69, 9.17) is 10.8 Å². The first-order valence-corrected chi connectivity index (χ1v) is 3.95. The second-order valence-electron chi connectivity index (χ2n) is 1.83. The van der Waals surface area contributed by atoms with Gasteiger partial charge < -0.3 is 48.8 Å². The van der Waals surface area contributed by atoms with Gasteiger partial charge in [-0.05, 0) is 0 Å². The summed E-state index contributed by atoms with van der Waals surface area (Å²) in [5, 5.41) is 18.1. The molecule has 0 aliphatic carbocycles. The standard InChI is InChI=1S/C5H9NO4S.H3N.4H2O/c6-3(5(9)10)1-11-2-4(7)8;;;;;/h3H,1-2,6H2,(H,7,8)(H,9,10);1H3;4*1H2/t3-;;;;;/m1...../s1. The van der Waals surface area contributed by atoms with Gasteiger partial charge in [0.05, 0.1) is 17.8 Å². The lowest BCUT2D eigenvalue weighted by Crippen LogP contribution is -2.43. The quantitative estimate of drug-likeness (QED) is 0.438. The molecule has 11 heteroatoms. The monoisotopic (exact) mass is 268 g/mol. The first-order chi connectivity index (χ1) is 5.04. The van der Waals surface area contributed by atoms with E-state index in [1.165, 1.54) is 0 Å². The molecule has 0 radical (unpaired) electrons. The Hall–Kier alpha value is -0.950. The van der Waals surface area contributed by atoms with E-state index in [0.717, 1.165) is 11.8 Å². The summed E-state index contributed by atoms with van der Waals surface area (Å²) in [6.45, 7) is 0. The second-order valence-corrected chi connectivity index (χ2v) is 2.86. The zero-order chi connectivity index (χ0) is 8.85. The van der Waals surface area contributed by atoms with Gasteiger partial charge in [0, 0.05) is 5.75 Å². The molecule has 0 unspecified atom stereocenters. The number of rotatable bonds is 5. The maximum absolute atomic E-state index is 9.98. The van der Waals surface area contributed by atoms with Crippen molar-refractivity contribution in [3.05, 3.63) is 0 Å². The Labute approximate surface area is 95.6 Å². The minimum absolute atomic E-state index is 0. The maximum atomic E-state index is 9.98. The van der Waals surface area contributed by atoms with Crippen molar-refractivity contribution >= 4 is 23.7 Å². The fraction of sp³-hybridized carbons (Fsp3) is 0.600. The topological polar surface area (TPSA) is 266 Å². The first kappa shape index (κ1) is 36.3. The molecule has 1 atom stereocenters. The van der Waals surface area contributed by atoms with Crippen molar-refractivity contribution in [2.45, 2.75) is 6.04 Å². The van der Waals surface area contributed by atoms with Crippen molar-refractivity contribution in [3.8, 4) is 0 Å². The maximum Gasteiger partial charge on any atom is 0.313 e. The summed E-state index contributed by atoms with van der Waals surface area (Å²) < 4.78 is 0. The smallest absolute Gasteiger partial charge is 0.313 e. The van der Waals surface area contributed by atoms with Crippen LogP contribution in [0.2, 0.25) is 0 Å². The van der Waals surface area contributed by atoms with Gasteiger partial charge in [0.1, 0.15) is 0 Å². The fourth-order valence-corrected chi connectivity index (χ4v) is 1.02. The second kappa shape index (κ2) is 19.6. The Morgan fingerprint density at radius 1 is 1.25 bits per heavy atom. The summed E-state index contributed by atoms with van der Waals surface area (Å²) in [6.07, 6.45) is 0. The lowest BCUT2D eigenvalue weighted by atomic mass is 10.4. The minimum Gasteiger partial charge on any atom is -0.548 e. The average molecular weight is 268 g/mol. The third kappa shape index (κ3) is 23.1. The molecule has 15 N–H and O–H groups in total. The van der Waals surface area contributed by atoms with E-state index < -0.39 is 18.0 Å². The summed E-state index contributed by atoms with van der Waals surface area (Å²) in [5.74, 6) is -2.42. The molecule has 0 amide bonds. The van der Waals surface area contributed by atoms with Crippen LogP contribution in [0.5, 0.6) is 0 Å². The Kier molecular flexibility index (Phi) is 44.4. The molecule has 0 aromatic heterocycles. The molecule has 0 aromatic rings. The first-order valence-electron chi connectivity index (χ1n) is 2.80. The van der Waals surface area contributed by atoms with Crippen LogP contribution >= 0.6 is 11.8 Å². The molecular weight excluding hydrogens is 248 g/mol. The summed E-state index contributed by atoms with van der Waals surface area (Å²) in [4.78, 5) is 19.9.